The summed E-state index contributed by atoms with van der Waals surface area (Å²) in [5, 5.41) is 5.64. The third kappa shape index (κ3) is 6.72. The fourth-order valence-electron chi connectivity index (χ4n) is 0.676. The van der Waals surface area contributed by atoms with E-state index in [1.54, 1.807) is 6.26 Å². The number of hydrogen-bond acceptors (Lipinski definition) is 3. The molecule has 0 aliphatic carbocycles. The van der Waals surface area contributed by atoms with E-state index in [-0.39, 0.29) is 11.2 Å². The molecule has 4 nitrogen and oxygen atoms in total. The third-order valence-electron chi connectivity index (χ3n) is 1.69. The molecule has 0 spiro atoms. The third-order valence-corrected chi connectivity index (χ3v) is 2.99. The van der Waals surface area contributed by atoms with E-state index < -0.39 is 10.8 Å². The zero-order chi connectivity index (χ0) is 10.3. The maximum Gasteiger partial charge on any atom is 0.233 e. The maximum atomic E-state index is 11.1. The Hall–Kier alpha value is -0.420. The van der Waals surface area contributed by atoms with Gasteiger partial charge in [-0.25, -0.2) is 0 Å². The fourth-order valence-corrected chi connectivity index (χ4v) is 0.994. The van der Waals surface area contributed by atoms with Gasteiger partial charge in [0.05, 0.1) is 6.54 Å². The Morgan fingerprint density at radius 3 is 2.62 bits per heavy atom. The van der Waals surface area contributed by atoms with E-state index in [0.29, 0.717) is 13.1 Å². The molecule has 2 unspecified atom stereocenters. The molecule has 78 valence electrons. The molecule has 2 N–H and O–H groups in total. The summed E-state index contributed by atoms with van der Waals surface area (Å²) < 4.78 is 10.9. The SMILES string of the molecule is CCNCC(=O)NCC(C)S(C)=O. The van der Waals surface area contributed by atoms with Crippen LogP contribution >= 0.6 is 0 Å². The Labute approximate surface area is 81.9 Å². The van der Waals surface area contributed by atoms with E-state index in [1.165, 1.54) is 0 Å². The Kier molecular flexibility index (Phi) is 6.80. The number of rotatable bonds is 6. The molecule has 0 fully saturated rings. The minimum Gasteiger partial charge on any atom is -0.354 e. The minimum absolute atomic E-state index is 0.0191. The summed E-state index contributed by atoms with van der Waals surface area (Å²) in [6.07, 6.45) is 1.64. The molecule has 0 radical (unpaired) electrons. The van der Waals surface area contributed by atoms with Gasteiger partial charge in [0.15, 0.2) is 0 Å². The van der Waals surface area contributed by atoms with Crippen LogP contribution in [0.2, 0.25) is 0 Å². The molecule has 0 bridgehead atoms. The molecule has 0 aliphatic rings. The molecule has 0 aromatic rings. The van der Waals surface area contributed by atoms with Crippen molar-refractivity contribution in [2.24, 2.45) is 0 Å². The lowest BCUT2D eigenvalue weighted by Gasteiger charge is -2.09. The van der Waals surface area contributed by atoms with Crippen molar-refractivity contribution in [3.63, 3.8) is 0 Å². The van der Waals surface area contributed by atoms with E-state index in [4.69, 9.17) is 0 Å². The van der Waals surface area contributed by atoms with Crippen LogP contribution in [0, 0.1) is 0 Å². The minimum atomic E-state index is -0.868. The first kappa shape index (κ1) is 12.6. The fraction of sp³-hybridized carbons (Fsp3) is 0.875. The molecule has 0 aromatic carbocycles. The van der Waals surface area contributed by atoms with Crippen LogP contribution in [-0.2, 0) is 15.6 Å². The first-order valence-electron chi connectivity index (χ1n) is 4.37. The summed E-state index contributed by atoms with van der Waals surface area (Å²) in [7, 11) is -0.868. The quantitative estimate of drug-likeness (QED) is 0.615. The van der Waals surface area contributed by atoms with Crippen molar-refractivity contribution in [2.75, 3.05) is 25.9 Å². The first-order chi connectivity index (χ1) is 6.07. The molecule has 0 rings (SSSR count). The predicted molar refractivity (Wildman–Crippen MR) is 55.1 cm³/mol. The standard InChI is InChI=1S/C8H18N2O2S/c1-4-9-6-8(11)10-5-7(2)13(3)12/h7,9H,4-6H2,1-3H3,(H,10,11). The van der Waals surface area contributed by atoms with E-state index >= 15 is 0 Å². The number of amides is 1. The van der Waals surface area contributed by atoms with E-state index in [2.05, 4.69) is 10.6 Å². The summed E-state index contributed by atoms with van der Waals surface area (Å²) in [4.78, 5) is 11.1. The van der Waals surface area contributed by atoms with Gasteiger partial charge in [-0.05, 0) is 13.5 Å². The number of likely N-dealkylation sites (N-methyl/N-ethyl adjacent to an activating group) is 1. The van der Waals surface area contributed by atoms with Crippen molar-refractivity contribution in [3.8, 4) is 0 Å². The van der Waals surface area contributed by atoms with Gasteiger partial charge in [0.1, 0.15) is 0 Å². The van der Waals surface area contributed by atoms with Crippen LogP contribution in [0.4, 0.5) is 0 Å². The van der Waals surface area contributed by atoms with Crippen molar-refractivity contribution in [3.05, 3.63) is 0 Å². The predicted octanol–water partition coefficient (Wildman–Crippen LogP) is -0.521. The van der Waals surface area contributed by atoms with Crippen molar-refractivity contribution in [2.45, 2.75) is 19.1 Å². The number of carbonyl (C=O) groups is 1. The smallest absolute Gasteiger partial charge is 0.233 e. The molecule has 1 amide bonds. The highest BCUT2D eigenvalue weighted by Crippen LogP contribution is 1.88. The van der Waals surface area contributed by atoms with Gasteiger partial charge >= 0.3 is 0 Å². The lowest BCUT2D eigenvalue weighted by atomic mass is 10.4. The maximum absolute atomic E-state index is 11.1. The highest BCUT2D eigenvalue weighted by Gasteiger charge is 2.07. The summed E-state index contributed by atoms with van der Waals surface area (Å²) in [5.74, 6) is -0.0425. The second kappa shape index (κ2) is 7.03. The van der Waals surface area contributed by atoms with Crippen LogP contribution in [0.5, 0.6) is 0 Å². The molecule has 0 saturated heterocycles. The van der Waals surface area contributed by atoms with Gasteiger partial charge < -0.3 is 10.6 Å². The molecular formula is C8H18N2O2S. The number of carbonyl (C=O) groups excluding carboxylic acids is 1. The van der Waals surface area contributed by atoms with E-state index in [9.17, 15) is 9.00 Å². The van der Waals surface area contributed by atoms with E-state index in [0.717, 1.165) is 6.54 Å². The Morgan fingerprint density at radius 2 is 2.15 bits per heavy atom. The van der Waals surface area contributed by atoms with Crippen LogP contribution in [-0.4, -0.2) is 41.3 Å². The average molecular weight is 206 g/mol. The molecule has 5 heteroatoms. The second-order valence-electron chi connectivity index (χ2n) is 2.89. The van der Waals surface area contributed by atoms with Crippen LogP contribution < -0.4 is 10.6 Å². The molecule has 0 aliphatic heterocycles. The van der Waals surface area contributed by atoms with Crippen LogP contribution in [0.15, 0.2) is 0 Å². The number of hydrogen-bond donors (Lipinski definition) is 2. The Balaban J connectivity index is 3.52. The summed E-state index contributed by atoms with van der Waals surface area (Å²) in [6.45, 7) is 5.39. The van der Waals surface area contributed by atoms with Crippen molar-refractivity contribution in [1.82, 2.24) is 10.6 Å². The van der Waals surface area contributed by atoms with Crippen LogP contribution in [0.25, 0.3) is 0 Å². The van der Waals surface area contributed by atoms with Crippen LogP contribution in [0.1, 0.15) is 13.8 Å². The molecular weight excluding hydrogens is 188 g/mol. The highest BCUT2D eigenvalue weighted by atomic mass is 32.2. The van der Waals surface area contributed by atoms with Crippen molar-refractivity contribution < 1.29 is 9.00 Å². The largest absolute Gasteiger partial charge is 0.354 e. The van der Waals surface area contributed by atoms with Gasteiger partial charge in [0.25, 0.3) is 0 Å². The molecule has 13 heavy (non-hydrogen) atoms. The zero-order valence-corrected chi connectivity index (χ0v) is 9.24. The average Bonchev–Trinajstić information content (AvgIpc) is 2.10. The lowest BCUT2D eigenvalue weighted by molar-refractivity contribution is -0.120. The second-order valence-corrected chi connectivity index (χ2v) is 4.70. The molecule has 2 atom stereocenters. The molecule has 0 heterocycles. The van der Waals surface area contributed by atoms with Gasteiger partial charge in [-0.2, -0.15) is 0 Å². The lowest BCUT2D eigenvalue weighted by Crippen LogP contribution is -2.38. The van der Waals surface area contributed by atoms with E-state index in [1.807, 2.05) is 13.8 Å². The Bertz CT molecular complexity index is 185. The highest BCUT2D eigenvalue weighted by molar-refractivity contribution is 7.84. The summed E-state index contributed by atoms with van der Waals surface area (Å²) in [6, 6.07) is 0. The van der Waals surface area contributed by atoms with Crippen molar-refractivity contribution in [1.29, 1.82) is 0 Å². The Morgan fingerprint density at radius 1 is 1.54 bits per heavy atom. The van der Waals surface area contributed by atoms with Gasteiger partial charge in [0, 0.05) is 28.9 Å². The number of nitrogens with one attached hydrogen (secondary N) is 2. The first-order valence-corrected chi connectivity index (χ1v) is 5.99. The van der Waals surface area contributed by atoms with Gasteiger partial charge in [-0.15, -0.1) is 0 Å². The van der Waals surface area contributed by atoms with Gasteiger partial charge in [0.2, 0.25) is 5.91 Å². The van der Waals surface area contributed by atoms with Crippen molar-refractivity contribution >= 4 is 16.7 Å². The molecule has 0 aromatic heterocycles. The normalized spacial score (nSPS) is 15.0. The van der Waals surface area contributed by atoms with Gasteiger partial charge in [-0.1, -0.05) is 6.92 Å². The summed E-state index contributed by atoms with van der Waals surface area (Å²) in [5.41, 5.74) is 0. The summed E-state index contributed by atoms with van der Waals surface area (Å²) >= 11 is 0. The monoisotopic (exact) mass is 206 g/mol. The topological polar surface area (TPSA) is 58.2 Å². The zero-order valence-electron chi connectivity index (χ0n) is 8.42. The van der Waals surface area contributed by atoms with Gasteiger partial charge in [-0.3, -0.25) is 9.00 Å². The van der Waals surface area contributed by atoms with Crippen LogP contribution in [0.3, 0.4) is 0 Å². The molecule has 0 saturated carbocycles.